The molecular formula is C20H26N4OS2. The summed E-state index contributed by atoms with van der Waals surface area (Å²) in [6, 6.07) is 0. The summed E-state index contributed by atoms with van der Waals surface area (Å²) in [6.07, 6.45) is 8.49. The van der Waals surface area contributed by atoms with Crippen molar-refractivity contribution in [1.82, 2.24) is 15.0 Å². The number of nitrogens with one attached hydrogen (secondary N) is 1. The zero-order chi connectivity index (χ0) is 19.0. The topological polar surface area (TPSA) is 70.9 Å². The molecule has 5 nitrogen and oxygen atoms in total. The maximum atomic E-state index is 9.68. The fourth-order valence-electron chi connectivity index (χ4n) is 3.83. The van der Waals surface area contributed by atoms with Crippen LogP contribution in [0.4, 0.5) is 5.82 Å². The van der Waals surface area contributed by atoms with Gasteiger partial charge >= 0.3 is 0 Å². The molecule has 144 valence electrons. The second-order valence-corrected chi connectivity index (χ2v) is 8.99. The number of hydrogen-bond acceptors (Lipinski definition) is 7. The van der Waals surface area contributed by atoms with E-state index < -0.39 is 6.10 Å². The predicted molar refractivity (Wildman–Crippen MR) is 115 cm³/mol. The maximum Gasteiger partial charge on any atom is 0.189 e. The van der Waals surface area contributed by atoms with Gasteiger partial charge < -0.3 is 10.4 Å². The summed E-state index contributed by atoms with van der Waals surface area (Å²) < 4.78 is 1.05. The van der Waals surface area contributed by atoms with Gasteiger partial charge in [0.1, 0.15) is 10.6 Å². The first-order valence-electron chi connectivity index (χ1n) is 9.73. The average Bonchev–Trinajstić information content (AvgIpc) is 3.27. The Balaban J connectivity index is 1.94. The zero-order valence-electron chi connectivity index (χ0n) is 16.1. The van der Waals surface area contributed by atoms with Crippen molar-refractivity contribution < 1.29 is 5.11 Å². The second kappa shape index (κ2) is 7.89. The Morgan fingerprint density at radius 3 is 2.78 bits per heavy atom. The van der Waals surface area contributed by atoms with Crippen LogP contribution in [-0.2, 0) is 19.3 Å². The first-order chi connectivity index (χ1) is 13.1. The third-order valence-corrected chi connectivity index (χ3v) is 6.74. The minimum Gasteiger partial charge on any atom is -0.392 e. The van der Waals surface area contributed by atoms with Crippen molar-refractivity contribution in [2.45, 2.75) is 63.6 Å². The Labute approximate surface area is 168 Å². The highest BCUT2D eigenvalue weighted by molar-refractivity contribution is 7.98. The summed E-state index contributed by atoms with van der Waals surface area (Å²) in [5.41, 5.74) is 5.25. The monoisotopic (exact) mass is 402 g/mol. The van der Waals surface area contributed by atoms with E-state index in [1.165, 1.54) is 41.5 Å². The van der Waals surface area contributed by atoms with Crippen LogP contribution in [0.5, 0.6) is 0 Å². The number of pyridine rings is 1. The third kappa shape index (κ3) is 3.52. The first-order valence-corrected chi connectivity index (χ1v) is 11.8. The van der Waals surface area contributed by atoms with Gasteiger partial charge in [-0.05, 0) is 56.4 Å². The van der Waals surface area contributed by atoms with Crippen LogP contribution in [0, 0.1) is 0 Å². The molecule has 3 heterocycles. The number of aliphatic hydroxyl groups excluding tert-OH is 1. The van der Waals surface area contributed by atoms with E-state index in [2.05, 4.69) is 17.2 Å². The van der Waals surface area contributed by atoms with E-state index in [-0.39, 0.29) is 0 Å². The summed E-state index contributed by atoms with van der Waals surface area (Å²) in [7, 11) is 0. The van der Waals surface area contributed by atoms with Gasteiger partial charge in [-0.25, -0.2) is 15.0 Å². The molecule has 1 atom stereocenters. The molecule has 0 bridgehead atoms. The number of aliphatic hydroxyl groups is 1. The van der Waals surface area contributed by atoms with E-state index in [0.717, 1.165) is 45.3 Å². The van der Waals surface area contributed by atoms with Crippen LogP contribution < -0.4 is 5.32 Å². The SMILES string of the molecule is CCCCc1nc2sc3c(NC[C@H](C)O)nc(SC)nc3c2c2c1CCC2. The molecule has 7 heteroatoms. The molecule has 0 saturated carbocycles. The van der Waals surface area contributed by atoms with Gasteiger partial charge in [0.15, 0.2) is 5.16 Å². The Bertz CT molecular complexity index is 983. The fourth-order valence-corrected chi connectivity index (χ4v) is 5.33. The highest BCUT2D eigenvalue weighted by atomic mass is 32.2. The summed E-state index contributed by atoms with van der Waals surface area (Å²) in [5, 5.41) is 15.0. The molecule has 4 rings (SSSR count). The number of fused-ring (bicyclic) bond motifs is 5. The lowest BCUT2D eigenvalue weighted by Crippen LogP contribution is -2.16. The van der Waals surface area contributed by atoms with Gasteiger partial charge in [-0.2, -0.15) is 0 Å². The van der Waals surface area contributed by atoms with E-state index in [9.17, 15) is 5.11 Å². The quantitative estimate of drug-likeness (QED) is 0.445. The molecule has 27 heavy (non-hydrogen) atoms. The number of thioether (sulfide) groups is 1. The van der Waals surface area contributed by atoms with Crippen LogP contribution in [0.25, 0.3) is 20.4 Å². The number of aromatic nitrogens is 3. The molecule has 0 spiro atoms. The van der Waals surface area contributed by atoms with Gasteiger partial charge in [0, 0.05) is 17.6 Å². The van der Waals surface area contributed by atoms with Gasteiger partial charge in [0.05, 0.1) is 16.3 Å². The fraction of sp³-hybridized carbons (Fsp3) is 0.550. The molecule has 3 aromatic heterocycles. The molecule has 0 amide bonds. The van der Waals surface area contributed by atoms with Crippen molar-refractivity contribution in [3.05, 3.63) is 16.8 Å². The highest BCUT2D eigenvalue weighted by Crippen LogP contribution is 2.42. The molecule has 0 fully saturated rings. The first kappa shape index (κ1) is 18.9. The van der Waals surface area contributed by atoms with Gasteiger partial charge in [0.25, 0.3) is 0 Å². The second-order valence-electron chi connectivity index (χ2n) is 7.22. The zero-order valence-corrected chi connectivity index (χ0v) is 17.8. The lowest BCUT2D eigenvalue weighted by molar-refractivity contribution is 0.208. The number of hydrogen-bond donors (Lipinski definition) is 2. The van der Waals surface area contributed by atoms with E-state index in [1.54, 1.807) is 30.0 Å². The maximum absolute atomic E-state index is 9.68. The number of anilines is 1. The van der Waals surface area contributed by atoms with Gasteiger partial charge in [0.2, 0.25) is 0 Å². The molecule has 0 aliphatic heterocycles. The number of nitrogens with zero attached hydrogens (tertiary/aromatic N) is 3. The molecule has 0 aromatic carbocycles. The van der Waals surface area contributed by atoms with Gasteiger partial charge in [-0.3, -0.25) is 0 Å². The van der Waals surface area contributed by atoms with Gasteiger partial charge in [-0.1, -0.05) is 25.1 Å². The van der Waals surface area contributed by atoms with Crippen molar-refractivity contribution in [3.8, 4) is 0 Å². The highest BCUT2D eigenvalue weighted by Gasteiger charge is 2.24. The Kier molecular flexibility index (Phi) is 5.53. The molecule has 1 aliphatic rings. The standard InChI is InChI=1S/C20H26N4OS2/c1-4-5-9-14-12-7-6-8-13(12)15-16-17(27-19(15)22-14)18(21-10-11(2)25)24-20(23-16)26-3/h11,25H,4-10H2,1-3H3,(H,21,23,24)/t11-/m0/s1. The minimum absolute atomic E-state index is 0.426. The normalized spacial score (nSPS) is 14.8. The average molecular weight is 403 g/mol. The smallest absolute Gasteiger partial charge is 0.189 e. The van der Waals surface area contributed by atoms with Crippen LogP contribution in [0.1, 0.15) is 49.9 Å². The van der Waals surface area contributed by atoms with Crippen molar-refractivity contribution in [2.75, 3.05) is 18.1 Å². The molecule has 2 N–H and O–H groups in total. The molecule has 1 aliphatic carbocycles. The summed E-state index contributed by atoms with van der Waals surface area (Å²) in [6.45, 7) is 4.49. The minimum atomic E-state index is -0.426. The van der Waals surface area contributed by atoms with Crippen LogP contribution >= 0.6 is 23.1 Å². The molecule has 3 aromatic rings. The van der Waals surface area contributed by atoms with Crippen molar-refractivity contribution in [2.24, 2.45) is 0 Å². The van der Waals surface area contributed by atoms with Crippen LogP contribution in [0.2, 0.25) is 0 Å². The summed E-state index contributed by atoms with van der Waals surface area (Å²) in [5.74, 6) is 0.815. The molecule has 0 unspecified atom stereocenters. The summed E-state index contributed by atoms with van der Waals surface area (Å²) in [4.78, 5) is 15.7. The molecule has 0 radical (unpaired) electrons. The lowest BCUT2D eigenvalue weighted by Gasteiger charge is -2.10. The van der Waals surface area contributed by atoms with E-state index in [1.807, 2.05) is 6.26 Å². The molecule has 0 saturated heterocycles. The third-order valence-electron chi connectivity index (χ3n) is 5.11. The largest absolute Gasteiger partial charge is 0.392 e. The predicted octanol–water partition coefficient (Wildman–Crippen LogP) is 4.59. The Hall–Kier alpha value is -1.44. The van der Waals surface area contributed by atoms with Gasteiger partial charge in [-0.15, -0.1) is 11.3 Å². The van der Waals surface area contributed by atoms with Crippen LogP contribution in [0.15, 0.2) is 5.16 Å². The van der Waals surface area contributed by atoms with Crippen molar-refractivity contribution >= 4 is 49.3 Å². The Morgan fingerprint density at radius 1 is 1.22 bits per heavy atom. The van der Waals surface area contributed by atoms with E-state index >= 15 is 0 Å². The van der Waals surface area contributed by atoms with E-state index in [0.29, 0.717) is 6.54 Å². The molecular weight excluding hydrogens is 376 g/mol. The van der Waals surface area contributed by atoms with Crippen molar-refractivity contribution in [3.63, 3.8) is 0 Å². The lowest BCUT2D eigenvalue weighted by atomic mass is 10.0. The number of rotatable bonds is 7. The van der Waals surface area contributed by atoms with Crippen molar-refractivity contribution in [1.29, 1.82) is 0 Å². The number of thiophene rings is 1. The Morgan fingerprint density at radius 2 is 2.04 bits per heavy atom. The number of unbranched alkanes of at least 4 members (excludes halogenated alkanes) is 1. The van der Waals surface area contributed by atoms with Crippen LogP contribution in [-0.4, -0.2) is 39.0 Å². The van der Waals surface area contributed by atoms with Crippen LogP contribution in [0.3, 0.4) is 0 Å². The number of aryl methyl sites for hydroxylation is 2. The van der Waals surface area contributed by atoms with E-state index in [4.69, 9.17) is 9.97 Å². The summed E-state index contributed by atoms with van der Waals surface area (Å²) >= 11 is 3.23.